The van der Waals surface area contributed by atoms with Crippen molar-refractivity contribution in [1.82, 2.24) is 10.2 Å². The Morgan fingerprint density at radius 3 is 2.29 bits per heavy atom. The summed E-state index contributed by atoms with van der Waals surface area (Å²) in [6.07, 6.45) is 1.81. The number of ether oxygens (including phenoxy) is 1. The van der Waals surface area contributed by atoms with Gasteiger partial charge in [0.25, 0.3) is 5.91 Å². The van der Waals surface area contributed by atoms with Gasteiger partial charge in [-0.25, -0.2) is 17.4 Å². The third-order valence-electron chi connectivity index (χ3n) is 4.85. The molecule has 12 heteroatoms. The van der Waals surface area contributed by atoms with E-state index in [9.17, 15) is 17.4 Å². The number of anilines is 1. The maximum Gasteiger partial charge on any atom is 0.255 e. The summed E-state index contributed by atoms with van der Waals surface area (Å²) < 4.78 is 58.8. The highest BCUT2D eigenvalue weighted by molar-refractivity contribution is 7.92. The molecule has 0 saturated heterocycles. The number of likely N-dealkylation sites (N-methyl/N-ethyl adjacent to an activating group) is 1. The van der Waals surface area contributed by atoms with Gasteiger partial charge in [-0.2, -0.15) is 0 Å². The van der Waals surface area contributed by atoms with Crippen LogP contribution in [0, 0.1) is 4.78 Å². The molecule has 4 N–H and O–H groups in total. The zero-order valence-corrected chi connectivity index (χ0v) is 22.0. The summed E-state index contributed by atoms with van der Waals surface area (Å²) in [5.41, 5.74) is 2.24. The summed E-state index contributed by atoms with van der Waals surface area (Å²) in [6, 6.07) is 11.8. The summed E-state index contributed by atoms with van der Waals surface area (Å²) in [7, 11) is -5.09. The molecular weight excluding hydrogens is 492 g/mol. The van der Waals surface area contributed by atoms with Crippen LogP contribution in [0.2, 0.25) is 0 Å². The molecule has 2 aromatic rings. The van der Waals surface area contributed by atoms with E-state index in [1.807, 2.05) is 33.0 Å². The van der Waals surface area contributed by atoms with Gasteiger partial charge in [0.1, 0.15) is 12.4 Å². The van der Waals surface area contributed by atoms with E-state index in [1.165, 1.54) is 6.07 Å². The number of hydrogen-bond acceptors (Lipinski definition) is 7. The van der Waals surface area contributed by atoms with Crippen molar-refractivity contribution < 1.29 is 26.7 Å². The van der Waals surface area contributed by atoms with E-state index >= 15 is 0 Å². The molecule has 1 unspecified atom stereocenters. The number of amides is 1. The van der Waals surface area contributed by atoms with Crippen LogP contribution in [0.15, 0.2) is 42.5 Å². The predicted molar refractivity (Wildman–Crippen MR) is 138 cm³/mol. The van der Waals surface area contributed by atoms with Crippen LogP contribution in [0.1, 0.15) is 35.3 Å². The molecule has 0 radical (unpaired) electrons. The summed E-state index contributed by atoms with van der Waals surface area (Å²) >= 11 is 0. The molecule has 1 atom stereocenters. The molecule has 35 heavy (non-hydrogen) atoms. The van der Waals surface area contributed by atoms with Gasteiger partial charge in [-0.1, -0.05) is 24.3 Å². The number of sulfonamides is 1. The van der Waals surface area contributed by atoms with E-state index in [-0.39, 0.29) is 29.0 Å². The molecule has 1 amide bonds. The minimum atomic E-state index is -3.55. The second-order valence-electron chi connectivity index (χ2n) is 8.72. The number of nitrogens with one attached hydrogen (secondary N) is 3. The Hall–Kier alpha value is -2.67. The Kier molecular flexibility index (Phi) is 10.1. The van der Waals surface area contributed by atoms with Crippen molar-refractivity contribution in [3.63, 3.8) is 0 Å². The lowest BCUT2D eigenvalue weighted by Crippen LogP contribution is -2.31. The van der Waals surface area contributed by atoms with Crippen LogP contribution in [0.3, 0.4) is 0 Å². The van der Waals surface area contributed by atoms with Crippen molar-refractivity contribution in [3.05, 3.63) is 59.2 Å². The second kappa shape index (κ2) is 12.3. The average molecular weight is 527 g/mol. The van der Waals surface area contributed by atoms with Gasteiger partial charge >= 0.3 is 0 Å². The van der Waals surface area contributed by atoms with Gasteiger partial charge in [0.05, 0.1) is 17.6 Å². The van der Waals surface area contributed by atoms with Gasteiger partial charge in [-0.05, 0) is 56.6 Å². The van der Waals surface area contributed by atoms with E-state index in [2.05, 4.69) is 14.9 Å². The molecule has 2 rings (SSSR count). The molecule has 0 aliphatic rings. The van der Waals surface area contributed by atoms with Crippen LogP contribution >= 0.6 is 0 Å². The molecule has 0 aliphatic carbocycles. The standard InChI is InChI=1S/C23H34N4O6S2/c1-17(2)25-23(28)21-15-20(26-34(4,29)30)9-10-22(21)33-14-13-27(3)12-11-18-5-7-19(8-6-18)16-35(24,31)32/h5-10,15,17,26H,11-14,16H2,1-4H3,(H,25,28)(H2,24,31,32). The first-order chi connectivity index (χ1) is 16.2. The van der Waals surface area contributed by atoms with Crippen LogP contribution in [-0.4, -0.2) is 67.0 Å². The highest BCUT2D eigenvalue weighted by Gasteiger charge is 2.16. The molecule has 0 spiro atoms. The normalized spacial score (nSPS) is 13.5. The maximum absolute atomic E-state index is 12.6. The Bertz CT molecular complexity index is 1210. The molecule has 10 nitrogen and oxygen atoms in total. The first-order valence-electron chi connectivity index (χ1n) is 11.0. The van der Waals surface area contributed by atoms with E-state index < -0.39 is 20.0 Å². The molecule has 194 valence electrons. The van der Waals surface area contributed by atoms with E-state index in [0.717, 1.165) is 24.8 Å². The van der Waals surface area contributed by atoms with Crippen molar-refractivity contribution in [2.24, 2.45) is 0 Å². The van der Waals surface area contributed by atoms with Gasteiger partial charge < -0.3 is 19.5 Å². The molecule has 0 saturated carbocycles. The van der Waals surface area contributed by atoms with E-state index in [1.54, 1.807) is 24.3 Å². The van der Waals surface area contributed by atoms with Crippen molar-refractivity contribution in [3.8, 4) is 5.75 Å². The quantitative estimate of drug-likeness (QED) is 0.313. The largest absolute Gasteiger partial charge is 0.491 e. The SMILES string of the molecule is CC(C)NC(=O)c1cc(NS(C)(=O)=O)ccc1OCCN(C)CCc1ccc(CS(=N)(=O)O)cc1. The lowest BCUT2D eigenvalue weighted by Gasteiger charge is -2.19. The minimum absolute atomic E-state index is 0.0956. The summed E-state index contributed by atoms with van der Waals surface area (Å²) in [5, 5.41) is 2.80. The molecule has 0 heterocycles. The van der Waals surface area contributed by atoms with Gasteiger partial charge in [0, 0.05) is 24.8 Å². The smallest absolute Gasteiger partial charge is 0.255 e. The Morgan fingerprint density at radius 1 is 1.09 bits per heavy atom. The van der Waals surface area contributed by atoms with Gasteiger partial charge in [-0.3, -0.25) is 9.52 Å². The fourth-order valence-electron chi connectivity index (χ4n) is 3.22. The van der Waals surface area contributed by atoms with Crippen molar-refractivity contribution in [2.75, 3.05) is 37.7 Å². The van der Waals surface area contributed by atoms with Crippen LogP contribution < -0.4 is 14.8 Å². The molecular formula is C23H34N4O6S2. The topological polar surface area (TPSA) is 149 Å². The first-order valence-corrected chi connectivity index (χ1v) is 14.6. The third kappa shape index (κ3) is 11.1. The number of hydrogen-bond donors (Lipinski definition) is 4. The van der Waals surface area contributed by atoms with Crippen molar-refractivity contribution in [2.45, 2.75) is 32.1 Å². The molecule has 0 fully saturated rings. The number of carbonyl (C=O) groups is 1. The lowest BCUT2D eigenvalue weighted by atomic mass is 10.1. The minimum Gasteiger partial charge on any atom is -0.491 e. The third-order valence-corrected chi connectivity index (χ3v) is 6.18. The van der Waals surface area contributed by atoms with Gasteiger partial charge in [-0.15, -0.1) is 0 Å². The fraction of sp³-hybridized carbons (Fsp3) is 0.435. The predicted octanol–water partition coefficient (Wildman–Crippen LogP) is 2.77. The Balaban J connectivity index is 1.94. The maximum atomic E-state index is 12.6. The average Bonchev–Trinajstić information content (AvgIpc) is 2.71. The highest BCUT2D eigenvalue weighted by atomic mass is 32.2. The van der Waals surface area contributed by atoms with Crippen molar-refractivity contribution in [1.29, 1.82) is 4.78 Å². The molecule has 2 aromatic carbocycles. The van der Waals surface area contributed by atoms with Crippen LogP contribution in [0.25, 0.3) is 0 Å². The molecule has 0 bridgehead atoms. The molecule has 0 aromatic heterocycles. The highest BCUT2D eigenvalue weighted by Crippen LogP contribution is 2.24. The fourth-order valence-corrected chi connectivity index (χ4v) is 4.42. The van der Waals surface area contributed by atoms with Gasteiger partial charge in [0.2, 0.25) is 10.0 Å². The lowest BCUT2D eigenvalue weighted by molar-refractivity contribution is 0.0938. The molecule has 0 aliphatic heterocycles. The summed E-state index contributed by atoms with van der Waals surface area (Å²) in [4.78, 5) is 14.7. The Morgan fingerprint density at radius 2 is 1.71 bits per heavy atom. The number of carbonyl (C=O) groups excluding carboxylic acids is 1. The van der Waals surface area contributed by atoms with Gasteiger partial charge in [0.15, 0.2) is 10.0 Å². The zero-order valence-electron chi connectivity index (χ0n) is 20.4. The number of rotatable bonds is 13. The monoisotopic (exact) mass is 526 g/mol. The number of benzene rings is 2. The zero-order chi connectivity index (χ0) is 26.2. The van der Waals surface area contributed by atoms with Crippen LogP contribution in [-0.2, 0) is 32.2 Å². The Labute approximate surface area is 207 Å². The van der Waals surface area contributed by atoms with Crippen LogP contribution in [0.5, 0.6) is 5.75 Å². The first kappa shape index (κ1) is 28.6. The summed E-state index contributed by atoms with van der Waals surface area (Å²) in [6.45, 7) is 5.33. The van der Waals surface area contributed by atoms with Crippen LogP contribution in [0.4, 0.5) is 5.69 Å². The van der Waals surface area contributed by atoms with Crippen molar-refractivity contribution >= 4 is 31.6 Å². The number of nitrogens with zero attached hydrogens (tertiary/aromatic N) is 1. The summed E-state index contributed by atoms with van der Waals surface area (Å²) in [5.74, 6) is -0.181. The van der Waals surface area contributed by atoms with E-state index in [0.29, 0.717) is 24.5 Å². The van der Waals surface area contributed by atoms with E-state index in [4.69, 9.17) is 14.1 Å². The second-order valence-corrected chi connectivity index (χ2v) is 12.0.